The number of carbonyl (C=O) groups is 1. The molecule has 1 atom stereocenters. The van der Waals surface area contributed by atoms with Gasteiger partial charge in [0.05, 0.1) is 17.5 Å². The van der Waals surface area contributed by atoms with Crippen molar-refractivity contribution >= 4 is 16.9 Å². The lowest BCUT2D eigenvalue weighted by molar-refractivity contribution is -0.144. The van der Waals surface area contributed by atoms with Crippen LogP contribution < -0.4 is 5.56 Å². The number of aryl methyl sites for hydroxylation is 1. The maximum atomic E-state index is 12.9. The van der Waals surface area contributed by atoms with E-state index in [0.29, 0.717) is 29.9 Å². The Labute approximate surface area is 136 Å². The van der Waals surface area contributed by atoms with Crippen molar-refractivity contribution in [1.82, 2.24) is 9.55 Å². The van der Waals surface area contributed by atoms with E-state index in [1.54, 1.807) is 18.4 Å². The van der Waals surface area contributed by atoms with E-state index in [9.17, 15) is 9.59 Å². The Morgan fingerprint density at radius 3 is 2.74 bits per heavy atom. The number of ether oxygens (including phenoxy) is 1. The van der Waals surface area contributed by atoms with Crippen LogP contribution in [-0.4, -0.2) is 22.1 Å². The third kappa shape index (κ3) is 3.60. The molecule has 23 heavy (non-hydrogen) atoms. The maximum Gasteiger partial charge on any atom is 0.316 e. The average molecular weight is 316 g/mol. The second-order valence-corrected chi connectivity index (χ2v) is 5.77. The minimum Gasteiger partial charge on any atom is -0.465 e. The Morgan fingerprint density at radius 1 is 1.35 bits per heavy atom. The highest BCUT2D eigenvalue weighted by atomic mass is 16.5. The first-order valence-corrected chi connectivity index (χ1v) is 8.17. The Bertz CT molecular complexity index is 765. The zero-order valence-electron chi connectivity index (χ0n) is 14.3. The fourth-order valence-corrected chi connectivity index (χ4v) is 2.59. The van der Waals surface area contributed by atoms with Gasteiger partial charge in [-0.2, -0.15) is 0 Å². The Kier molecular flexibility index (Phi) is 5.53. The molecule has 1 heterocycles. The van der Waals surface area contributed by atoms with E-state index in [4.69, 9.17) is 4.74 Å². The number of esters is 1. The van der Waals surface area contributed by atoms with Gasteiger partial charge in [0.15, 0.2) is 0 Å². The second kappa shape index (κ2) is 7.40. The number of fused-ring (bicyclic) bond motifs is 1. The minimum atomic E-state index is -0.565. The van der Waals surface area contributed by atoms with E-state index < -0.39 is 5.92 Å². The van der Waals surface area contributed by atoms with E-state index in [2.05, 4.69) is 11.9 Å². The second-order valence-electron chi connectivity index (χ2n) is 5.77. The summed E-state index contributed by atoms with van der Waals surface area (Å²) in [5.74, 6) is -0.431. The molecule has 0 amide bonds. The molecule has 0 aliphatic carbocycles. The van der Waals surface area contributed by atoms with Crippen molar-refractivity contribution in [2.45, 2.75) is 53.0 Å². The van der Waals surface area contributed by atoms with Crippen molar-refractivity contribution in [3.8, 4) is 0 Å². The normalized spacial score (nSPS) is 12.3. The van der Waals surface area contributed by atoms with Gasteiger partial charge in [-0.05, 0) is 39.3 Å². The van der Waals surface area contributed by atoms with Gasteiger partial charge in [0.25, 0.3) is 5.56 Å². The molecule has 0 aliphatic rings. The van der Waals surface area contributed by atoms with Gasteiger partial charge in [0, 0.05) is 6.54 Å². The van der Waals surface area contributed by atoms with E-state index in [-0.39, 0.29) is 11.5 Å². The Balaban J connectivity index is 2.63. The van der Waals surface area contributed by atoms with Crippen molar-refractivity contribution in [3.63, 3.8) is 0 Å². The molecule has 2 rings (SSSR count). The number of nitrogens with zero attached hydrogens (tertiary/aromatic N) is 2. The topological polar surface area (TPSA) is 61.2 Å². The van der Waals surface area contributed by atoms with E-state index >= 15 is 0 Å². The molecule has 0 aliphatic heterocycles. The molecule has 0 radical (unpaired) electrons. The van der Waals surface area contributed by atoms with Crippen molar-refractivity contribution in [2.24, 2.45) is 0 Å². The number of hydrogen-bond donors (Lipinski definition) is 0. The molecular weight excluding hydrogens is 292 g/mol. The molecule has 0 saturated carbocycles. The number of carbonyl (C=O) groups excluding carboxylic acids is 1. The minimum absolute atomic E-state index is 0.0849. The van der Waals surface area contributed by atoms with Crippen LogP contribution >= 0.6 is 0 Å². The summed E-state index contributed by atoms with van der Waals surface area (Å²) in [4.78, 5) is 29.6. The Hall–Kier alpha value is -2.17. The summed E-state index contributed by atoms with van der Waals surface area (Å²) in [6, 6.07) is 5.60. The fraction of sp³-hybridized carbons (Fsp3) is 0.500. The van der Waals surface area contributed by atoms with Crippen LogP contribution in [0.4, 0.5) is 0 Å². The Morgan fingerprint density at radius 2 is 2.09 bits per heavy atom. The SMILES string of the molecule is CCCCn1c(C(C)C(=O)OCC)nc2ccc(C)cc2c1=O. The maximum absolute atomic E-state index is 12.9. The number of benzene rings is 1. The van der Waals surface area contributed by atoms with Gasteiger partial charge in [-0.1, -0.05) is 25.0 Å². The van der Waals surface area contributed by atoms with Gasteiger partial charge in [-0.25, -0.2) is 4.98 Å². The molecule has 1 aromatic carbocycles. The largest absolute Gasteiger partial charge is 0.465 e. The van der Waals surface area contributed by atoms with Crippen molar-refractivity contribution in [1.29, 1.82) is 0 Å². The summed E-state index contributed by atoms with van der Waals surface area (Å²) in [5.41, 5.74) is 1.56. The van der Waals surface area contributed by atoms with Gasteiger partial charge < -0.3 is 4.74 Å². The van der Waals surface area contributed by atoms with Crippen LogP contribution in [0.1, 0.15) is 50.9 Å². The molecule has 0 fully saturated rings. The molecule has 0 saturated heterocycles. The van der Waals surface area contributed by atoms with E-state index in [1.165, 1.54) is 0 Å². The van der Waals surface area contributed by atoms with Crippen LogP contribution in [0.15, 0.2) is 23.0 Å². The average Bonchev–Trinajstić information content (AvgIpc) is 2.54. The van der Waals surface area contributed by atoms with Gasteiger partial charge in [-0.15, -0.1) is 0 Å². The molecule has 2 aromatic rings. The lowest BCUT2D eigenvalue weighted by atomic mass is 10.1. The summed E-state index contributed by atoms with van der Waals surface area (Å²) in [6.07, 6.45) is 1.83. The lowest BCUT2D eigenvalue weighted by Crippen LogP contribution is -2.29. The third-order valence-corrected chi connectivity index (χ3v) is 3.90. The summed E-state index contributed by atoms with van der Waals surface area (Å²) in [5, 5.41) is 0.598. The smallest absolute Gasteiger partial charge is 0.316 e. The zero-order valence-corrected chi connectivity index (χ0v) is 14.3. The molecule has 5 nitrogen and oxygen atoms in total. The summed E-state index contributed by atoms with van der Waals surface area (Å²) in [7, 11) is 0. The van der Waals surface area contributed by atoms with Crippen molar-refractivity contribution in [3.05, 3.63) is 39.9 Å². The number of aromatic nitrogens is 2. The fourth-order valence-electron chi connectivity index (χ4n) is 2.59. The summed E-state index contributed by atoms with van der Waals surface area (Å²) >= 11 is 0. The van der Waals surface area contributed by atoms with Crippen LogP contribution in [0.25, 0.3) is 10.9 Å². The highest BCUT2D eigenvalue weighted by Gasteiger charge is 2.23. The molecule has 124 valence electrons. The third-order valence-electron chi connectivity index (χ3n) is 3.90. The number of hydrogen-bond acceptors (Lipinski definition) is 4. The van der Waals surface area contributed by atoms with Crippen LogP contribution in [0, 0.1) is 6.92 Å². The van der Waals surface area contributed by atoms with Crippen LogP contribution in [0.2, 0.25) is 0 Å². The van der Waals surface area contributed by atoms with Crippen LogP contribution in [-0.2, 0) is 16.1 Å². The first-order chi connectivity index (χ1) is 11.0. The summed E-state index contributed by atoms with van der Waals surface area (Å²) in [6.45, 7) is 8.40. The van der Waals surface area contributed by atoms with Crippen molar-refractivity contribution in [2.75, 3.05) is 6.61 Å². The van der Waals surface area contributed by atoms with Crippen LogP contribution in [0.3, 0.4) is 0 Å². The predicted molar refractivity (Wildman–Crippen MR) is 90.7 cm³/mol. The van der Waals surface area contributed by atoms with Gasteiger partial charge in [0.1, 0.15) is 11.7 Å². The molecule has 0 N–H and O–H groups in total. The number of unbranched alkanes of at least 4 members (excludes halogenated alkanes) is 1. The van der Waals surface area contributed by atoms with E-state index in [0.717, 1.165) is 18.4 Å². The van der Waals surface area contributed by atoms with Crippen molar-refractivity contribution < 1.29 is 9.53 Å². The van der Waals surface area contributed by atoms with Gasteiger partial charge >= 0.3 is 5.97 Å². The summed E-state index contributed by atoms with van der Waals surface area (Å²) < 4.78 is 6.73. The quantitative estimate of drug-likeness (QED) is 0.768. The molecule has 5 heteroatoms. The molecule has 1 aromatic heterocycles. The molecular formula is C18H24N2O3. The van der Waals surface area contributed by atoms with Crippen LogP contribution in [0.5, 0.6) is 0 Å². The van der Waals surface area contributed by atoms with Gasteiger partial charge in [-0.3, -0.25) is 14.2 Å². The molecule has 0 bridgehead atoms. The first kappa shape index (κ1) is 17.2. The molecule has 0 spiro atoms. The first-order valence-electron chi connectivity index (χ1n) is 8.17. The zero-order chi connectivity index (χ0) is 17.0. The standard InChI is InChI=1S/C18H24N2O3/c1-5-7-10-20-16(13(4)18(22)23-6-2)19-15-9-8-12(3)11-14(15)17(20)21/h8-9,11,13H,5-7,10H2,1-4H3. The highest BCUT2D eigenvalue weighted by Crippen LogP contribution is 2.18. The predicted octanol–water partition coefficient (Wildman–Crippen LogP) is 3.17. The van der Waals surface area contributed by atoms with Gasteiger partial charge in [0.2, 0.25) is 0 Å². The van der Waals surface area contributed by atoms with E-state index in [1.807, 2.05) is 25.1 Å². The number of rotatable bonds is 6. The molecule has 1 unspecified atom stereocenters. The monoisotopic (exact) mass is 316 g/mol. The lowest BCUT2D eigenvalue weighted by Gasteiger charge is -2.17. The highest BCUT2D eigenvalue weighted by molar-refractivity contribution is 5.80.